The molecule has 0 unspecified atom stereocenters. The lowest BCUT2D eigenvalue weighted by molar-refractivity contribution is 0.0383. The van der Waals surface area contributed by atoms with Gasteiger partial charge in [0, 0.05) is 26.2 Å². The number of para-hydroxylation sites is 1. The maximum absolute atomic E-state index is 12.5. The van der Waals surface area contributed by atoms with Gasteiger partial charge in [-0.25, -0.2) is 4.98 Å². The highest BCUT2D eigenvalue weighted by molar-refractivity contribution is 9.11. The lowest BCUT2D eigenvalue weighted by Gasteiger charge is -2.26. The van der Waals surface area contributed by atoms with Crippen LogP contribution in [0.5, 0.6) is 0 Å². The fourth-order valence-electron chi connectivity index (χ4n) is 2.47. The van der Waals surface area contributed by atoms with Gasteiger partial charge in [-0.2, -0.15) is 0 Å². The van der Waals surface area contributed by atoms with Gasteiger partial charge >= 0.3 is 0 Å². The average molecular weight is 411 g/mol. The predicted molar refractivity (Wildman–Crippen MR) is 99.1 cm³/mol. The Hall–Kier alpha value is -1.48. The van der Waals surface area contributed by atoms with Gasteiger partial charge in [-0.3, -0.25) is 9.69 Å². The van der Waals surface area contributed by atoms with Crippen molar-refractivity contribution in [3.8, 4) is 0 Å². The zero-order valence-corrected chi connectivity index (χ0v) is 15.5. The van der Waals surface area contributed by atoms with Gasteiger partial charge in [0.2, 0.25) is 0 Å². The third-order valence-electron chi connectivity index (χ3n) is 3.71. The Bertz CT molecular complexity index is 688. The van der Waals surface area contributed by atoms with Gasteiger partial charge in [0.1, 0.15) is 0 Å². The summed E-state index contributed by atoms with van der Waals surface area (Å²) in [5, 5.41) is 6.94. The molecule has 1 aromatic carbocycles. The molecular weight excluding hydrogens is 392 g/mol. The van der Waals surface area contributed by atoms with Crippen molar-refractivity contribution < 1.29 is 9.53 Å². The van der Waals surface area contributed by atoms with Crippen molar-refractivity contribution in [2.45, 2.75) is 0 Å². The normalized spacial score (nSPS) is 15.2. The second-order valence-corrected chi connectivity index (χ2v) is 7.76. The quantitative estimate of drug-likeness (QED) is 0.765. The largest absolute Gasteiger partial charge is 0.379 e. The van der Waals surface area contributed by atoms with E-state index in [4.69, 9.17) is 4.74 Å². The third kappa shape index (κ3) is 4.76. The Morgan fingerprint density at radius 3 is 2.88 bits per heavy atom. The molecule has 2 N–H and O–H groups in total. The van der Waals surface area contributed by atoms with E-state index >= 15 is 0 Å². The molecule has 2 aromatic rings. The molecule has 1 saturated heterocycles. The summed E-state index contributed by atoms with van der Waals surface area (Å²) in [6, 6.07) is 7.45. The summed E-state index contributed by atoms with van der Waals surface area (Å²) >= 11 is 4.87. The van der Waals surface area contributed by atoms with Gasteiger partial charge in [-0.1, -0.05) is 23.5 Å². The van der Waals surface area contributed by atoms with E-state index in [1.54, 1.807) is 6.20 Å². The first-order valence-electron chi connectivity index (χ1n) is 7.78. The second-order valence-electron chi connectivity index (χ2n) is 5.35. The number of ether oxygens (including phenoxy) is 1. The van der Waals surface area contributed by atoms with Crippen molar-refractivity contribution in [3.63, 3.8) is 0 Å². The highest BCUT2D eigenvalue weighted by Gasteiger charge is 2.14. The number of thiazole rings is 1. The lowest BCUT2D eigenvalue weighted by Crippen LogP contribution is -2.41. The number of carbonyl (C=O) groups excluding carboxylic acids is 1. The first kappa shape index (κ1) is 17.3. The number of nitrogens with zero attached hydrogens (tertiary/aromatic N) is 2. The minimum Gasteiger partial charge on any atom is -0.379 e. The summed E-state index contributed by atoms with van der Waals surface area (Å²) in [4.78, 5) is 19.0. The van der Waals surface area contributed by atoms with Crippen LogP contribution < -0.4 is 10.6 Å². The summed E-state index contributed by atoms with van der Waals surface area (Å²) in [5.74, 6) is -0.0815. The van der Waals surface area contributed by atoms with E-state index in [1.165, 1.54) is 11.3 Å². The Morgan fingerprint density at radius 1 is 1.33 bits per heavy atom. The fourth-order valence-corrected chi connectivity index (χ4v) is 3.58. The van der Waals surface area contributed by atoms with Crippen molar-refractivity contribution >= 4 is 44.0 Å². The molecule has 128 valence electrons. The van der Waals surface area contributed by atoms with Crippen molar-refractivity contribution in [3.05, 3.63) is 39.8 Å². The molecule has 8 heteroatoms. The number of benzene rings is 1. The molecule has 1 aliphatic rings. The Kier molecular flexibility index (Phi) is 6.19. The minimum atomic E-state index is -0.0815. The number of hydrogen-bond acceptors (Lipinski definition) is 6. The average Bonchev–Trinajstić information content (AvgIpc) is 3.01. The van der Waals surface area contributed by atoms with Crippen molar-refractivity contribution in [2.75, 3.05) is 44.7 Å². The number of nitrogens with one attached hydrogen (secondary N) is 2. The van der Waals surface area contributed by atoms with E-state index in [-0.39, 0.29) is 5.91 Å². The molecule has 3 rings (SSSR count). The summed E-state index contributed by atoms with van der Waals surface area (Å²) in [7, 11) is 0. The second kappa shape index (κ2) is 8.57. The number of halogens is 1. The van der Waals surface area contributed by atoms with Crippen LogP contribution in [0, 0.1) is 0 Å². The zero-order valence-electron chi connectivity index (χ0n) is 13.1. The smallest absolute Gasteiger partial charge is 0.253 e. The number of rotatable bonds is 6. The van der Waals surface area contributed by atoms with Crippen LogP contribution in [0.1, 0.15) is 10.4 Å². The van der Waals surface area contributed by atoms with Crippen LogP contribution in [-0.2, 0) is 4.74 Å². The number of morpholine rings is 1. The molecule has 0 bridgehead atoms. The molecule has 1 amide bonds. The molecule has 0 atom stereocenters. The molecule has 0 aliphatic carbocycles. The van der Waals surface area contributed by atoms with Gasteiger partial charge in [-0.15, -0.1) is 0 Å². The number of hydrogen-bond donors (Lipinski definition) is 2. The van der Waals surface area contributed by atoms with E-state index in [0.29, 0.717) is 12.1 Å². The highest BCUT2D eigenvalue weighted by Crippen LogP contribution is 2.27. The van der Waals surface area contributed by atoms with Gasteiger partial charge in [0.15, 0.2) is 5.13 Å². The van der Waals surface area contributed by atoms with Crippen LogP contribution in [-0.4, -0.2) is 55.2 Å². The van der Waals surface area contributed by atoms with Gasteiger partial charge < -0.3 is 15.4 Å². The molecule has 6 nitrogen and oxygen atoms in total. The van der Waals surface area contributed by atoms with E-state index < -0.39 is 0 Å². The molecule has 24 heavy (non-hydrogen) atoms. The SMILES string of the molecule is O=C(NCCN1CCOCC1)c1ccccc1Nc1ncc(Br)s1. The van der Waals surface area contributed by atoms with Crippen LogP contribution in [0.15, 0.2) is 34.2 Å². The van der Waals surface area contributed by atoms with Crippen molar-refractivity contribution in [1.82, 2.24) is 15.2 Å². The van der Waals surface area contributed by atoms with Gasteiger partial charge in [-0.05, 0) is 28.1 Å². The Morgan fingerprint density at radius 2 is 2.12 bits per heavy atom. The third-order valence-corrected chi connectivity index (χ3v) is 5.10. The van der Waals surface area contributed by atoms with E-state index in [2.05, 4.69) is 36.4 Å². The number of amides is 1. The molecule has 2 heterocycles. The summed E-state index contributed by atoms with van der Waals surface area (Å²) in [6.45, 7) is 4.84. The first-order chi connectivity index (χ1) is 11.7. The fraction of sp³-hybridized carbons (Fsp3) is 0.375. The molecule has 0 saturated carbocycles. The monoisotopic (exact) mass is 410 g/mol. The topological polar surface area (TPSA) is 66.5 Å². The maximum atomic E-state index is 12.5. The first-order valence-corrected chi connectivity index (χ1v) is 9.39. The molecular formula is C16H19BrN4O2S. The van der Waals surface area contributed by atoms with Crippen LogP contribution in [0.25, 0.3) is 0 Å². The van der Waals surface area contributed by atoms with Crippen molar-refractivity contribution in [2.24, 2.45) is 0 Å². The van der Waals surface area contributed by atoms with Gasteiger partial charge in [0.25, 0.3) is 5.91 Å². The van der Waals surface area contributed by atoms with Crippen LogP contribution in [0.2, 0.25) is 0 Å². The lowest BCUT2D eigenvalue weighted by atomic mass is 10.1. The zero-order chi connectivity index (χ0) is 16.8. The molecule has 1 aliphatic heterocycles. The molecule has 0 radical (unpaired) electrons. The minimum absolute atomic E-state index is 0.0815. The molecule has 1 fully saturated rings. The van der Waals surface area contributed by atoms with Crippen LogP contribution >= 0.6 is 27.3 Å². The van der Waals surface area contributed by atoms with E-state index in [0.717, 1.165) is 47.5 Å². The molecule has 0 spiro atoms. The van der Waals surface area contributed by atoms with Gasteiger partial charge in [0.05, 0.1) is 34.4 Å². The number of aromatic nitrogens is 1. The Balaban J connectivity index is 1.57. The highest BCUT2D eigenvalue weighted by atomic mass is 79.9. The number of anilines is 2. The summed E-state index contributed by atoms with van der Waals surface area (Å²) in [5.41, 5.74) is 1.37. The summed E-state index contributed by atoms with van der Waals surface area (Å²) < 4.78 is 6.27. The van der Waals surface area contributed by atoms with Crippen LogP contribution in [0.4, 0.5) is 10.8 Å². The van der Waals surface area contributed by atoms with Crippen LogP contribution in [0.3, 0.4) is 0 Å². The van der Waals surface area contributed by atoms with E-state index in [9.17, 15) is 4.79 Å². The number of carbonyl (C=O) groups is 1. The Labute approximate surface area is 153 Å². The maximum Gasteiger partial charge on any atom is 0.253 e. The van der Waals surface area contributed by atoms with E-state index in [1.807, 2.05) is 24.3 Å². The standard InChI is InChI=1S/C16H19BrN4O2S/c17-14-11-19-16(24-14)20-13-4-2-1-3-12(13)15(22)18-5-6-21-7-9-23-10-8-21/h1-4,11H,5-10H2,(H,18,22)(H,19,20). The summed E-state index contributed by atoms with van der Waals surface area (Å²) in [6.07, 6.45) is 1.73. The van der Waals surface area contributed by atoms with Crippen molar-refractivity contribution in [1.29, 1.82) is 0 Å². The molecule has 1 aromatic heterocycles. The predicted octanol–water partition coefficient (Wildman–Crippen LogP) is 2.71.